The van der Waals surface area contributed by atoms with Gasteiger partial charge < -0.3 is 4.42 Å². The van der Waals surface area contributed by atoms with E-state index in [1.54, 1.807) is 0 Å². The molecule has 0 unspecified atom stereocenters. The molecule has 3 heteroatoms. The number of hydrogen-bond donors (Lipinski definition) is 0. The van der Waals surface area contributed by atoms with Crippen LogP contribution >= 0.6 is 0 Å². The van der Waals surface area contributed by atoms with E-state index >= 15 is 0 Å². The number of nitrogens with zero attached hydrogens (tertiary/aromatic N) is 2. The minimum atomic E-state index is 0.288. The topological polar surface area (TPSA) is 31.0 Å². The van der Waals surface area contributed by atoms with Gasteiger partial charge in [0.2, 0.25) is 0 Å². The molecule has 9 aromatic rings. The van der Waals surface area contributed by atoms with Crippen molar-refractivity contribution in [2.75, 3.05) is 0 Å². The zero-order chi connectivity index (χ0) is 33.4. The molecule has 0 amide bonds. The Morgan fingerprint density at radius 2 is 1.29 bits per heavy atom. The summed E-state index contributed by atoms with van der Waals surface area (Å²) in [6, 6.07) is 46.2. The summed E-state index contributed by atoms with van der Waals surface area (Å²) in [6.07, 6.45) is 0. The largest absolute Gasteiger partial charge is 0.455 e. The second-order valence-corrected chi connectivity index (χ2v) is 14.1. The van der Waals surface area contributed by atoms with Crippen molar-refractivity contribution >= 4 is 54.5 Å². The normalized spacial score (nSPS) is 12.1. The number of para-hydroxylation sites is 1. The second-order valence-electron chi connectivity index (χ2n) is 14.1. The molecule has 0 bridgehead atoms. The van der Waals surface area contributed by atoms with E-state index in [0.29, 0.717) is 0 Å². The molecule has 49 heavy (non-hydrogen) atoms. The summed E-state index contributed by atoms with van der Waals surface area (Å²) >= 11 is 0. The van der Waals surface area contributed by atoms with Crippen LogP contribution in [-0.2, 0) is 0 Å². The van der Waals surface area contributed by atoms with Gasteiger partial charge in [0.1, 0.15) is 17.0 Å². The van der Waals surface area contributed by atoms with Gasteiger partial charge >= 0.3 is 0 Å². The molecule has 0 aliphatic rings. The summed E-state index contributed by atoms with van der Waals surface area (Å²) in [7, 11) is 0. The van der Waals surface area contributed by atoms with Gasteiger partial charge in [-0.25, -0.2) is 4.98 Å². The maximum atomic E-state index is 6.88. The van der Waals surface area contributed by atoms with Crippen LogP contribution in [0.15, 0.2) is 132 Å². The van der Waals surface area contributed by atoms with Crippen LogP contribution in [0.1, 0.15) is 56.2 Å². The fourth-order valence-electron chi connectivity index (χ4n) is 7.69. The van der Waals surface area contributed by atoms with Crippen molar-refractivity contribution in [3.05, 3.63) is 144 Å². The Labute approximate surface area is 286 Å². The summed E-state index contributed by atoms with van der Waals surface area (Å²) < 4.78 is 9.30. The number of benzene rings is 7. The quantitative estimate of drug-likeness (QED) is 0.176. The van der Waals surface area contributed by atoms with Crippen LogP contribution in [-0.4, -0.2) is 9.55 Å². The number of furan rings is 1. The van der Waals surface area contributed by atoms with E-state index in [0.717, 1.165) is 44.4 Å². The zero-order valence-corrected chi connectivity index (χ0v) is 28.6. The summed E-state index contributed by atoms with van der Waals surface area (Å²) in [5.41, 5.74) is 12.3. The number of fused-ring (bicyclic) bond motifs is 7. The Balaban J connectivity index is 1.36. The van der Waals surface area contributed by atoms with Gasteiger partial charge in [-0.1, -0.05) is 113 Å². The number of aryl methyl sites for hydroxylation is 1. The summed E-state index contributed by atoms with van der Waals surface area (Å²) in [5.74, 6) is 1.48. The molecular weight excluding hydrogens is 597 g/mol. The molecule has 0 fully saturated rings. The summed E-state index contributed by atoms with van der Waals surface area (Å²) in [4.78, 5) is 5.42. The third kappa shape index (κ3) is 4.68. The fraction of sp³-hybridized carbons (Fsp3) is 0.152. The molecule has 0 N–H and O–H groups in total. The fourth-order valence-corrected chi connectivity index (χ4v) is 7.69. The molecular formula is C46H38N2O. The Morgan fingerprint density at radius 1 is 0.571 bits per heavy atom. The Kier molecular flexibility index (Phi) is 6.74. The molecule has 0 aliphatic heterocycles. The third-order valence-corrected chi connectivity index (χ3v) is 10.2. The van der Waals surface area contributed by atoms with E-state index in [1.165, 1.54) is 55.0 Å². The van der Waals surface area contributed by atoms with Crippen LogP contribution in [0.2, 0.25) is 0 Å². The second kappa shape index (κ2) is 11.2. The highest BCUT2D eigenvalue weighted by Crippen LogP contribution is 2.43. The van der Waals surface area contributed by atoms with Gasteiger partial charge in [-0.2, -0.15) is 0 Å². The number of rotatable bonds is 5. The van der Waals surface area contributed by atoms with Crippen LogP contribution in [0, 0.1) is 6.92 Å². The molecule has 2 aromatic heterocycles. The SMILES string of the molecule is Cc1ccc2c(c1)nc(-c1cccc3c1oc1cc4c(ccc5ccccc54)cc13)n2-c1c(C(C)C)cc(-c2ccccc2)cc1C(C)C. The lowest BCUT2D eigenvalue weighted by Gasteiger charge is -2.24. The molecule has 0 aliphatic carbocycles. The average molecular weight is 635 g/mol. The van der Waals surface area contributed by atoms with Crippen LogP contribution in [0.3, 0.4) is 0 Å². The van der Waals surface area contributed by atoms with Crippen molar-refractivity contribution in [1.82, 2.24) is 9.55 Å². The lowest BCUT2D eigenvalue weighted by atomic mass is 9.88. The first-order valence-electron chi connectivity index (χ1n) is 17.4. The molecule has 0 radical (unpaired) electrons. The maximum absolute atomic E-state index is 6.88. The van der Waals surface area contributed by atoms with Crippen molar-refractivity contribution in [3.8, 4) is 28.2 Å². The molecule has 0 saturated carbocycles. The Bertz CT molecular complexity index is 2700. The van der Waals surface area contributed by atoms with Crippen LogP contribution in [0.25, 0.3) is 82.7 Å². The van der Waals surface area contributed by atoms with Crippen LogP contribution in [0.5, 0.6) is 0 Å². The van der Waals surface area contributed by atoms with E-state index in [-0.39, 0.29) is 11.8 Å². The lowest BCUT2D eigenvalue weighted by Crippen LogP contribution is -2.09. The van der Waals surface area contributed by atoms with Gasteiger partial charge in [0.15, 0.2) is 0 Å². The van der Waals surface area contributed by atoms with Gasteiger partial charge in [-0.05, 0) is 111 Å². The molecule has 9 rings (SSSR count). The van der Waals surface area contributed by atoms with Crippen molar-refractivity contribution in [2.24, 2.45) is 0 Å². The van der Waals surface area contributed by atoms with Gasteiger partial charge in [-0.3, -0.25) is 4.57 Å². The molecule has 0 spiro atoms. The highest BCUT2D eigenvalue weighted by atomic mass is 16.3. The van der Waals surface area contributed by atoms with Crippen molar-refractivity contribution in [2.45, 2.75) is 46.5 Å². The van der Waals surface area contributed by atoms with Gasteiger partial charge in [0.05, 0.1) is 22.3 Å². The average Bonchev–Trinajstić information content (AvgIpc) is 3.67. The van der Waals surface area contributed by atoms with E-state index in [4.69, 9.17) is 9.40 Å². The standard InChI is InChI=1S/C46H38N2O/c1-27(2)37-24-33(30-12-7-6-8-13-30)25-38(28(3)4)44(37)48-42-21-18-29(5)22-41(42)47-46(48)36-17-11-16-35-40-23-32-20-19-31-14-9-10-15-34(31)39(32)26-43(40)49-45(35)36/h6-28H,1-5H3. The van der Waals surface area contributed by atoms with E-state index in [2.05, 4.69) is 167 Å². The monoisotopic (exact) mass is 634 g/mol. The minimum Gasteiger partial charge on any atom is -0.455 e. The molecule has 238 valence electrons. The summed E-state index contributed by atoms with van der Waals surface area (Å²) in [5, 5.41) is 7.11. The molecule has 7 aromatic carbocycles. The predicted octanol–water partition coefficient (Wildman–Crippen LogP) is 13.1. The lowest BCUT2D eigenvalue weighted by molar-refractivity contribution is 0.670. The van der Waals surface area contributed by atoms with Crippen LogP contribution in [0.4, 0.5) is 0 Å². The van der Waals surface area contributed by atoms with Gasteiger partial charge in [0.25, 0.3) is 0 Å². The molecule has 3 nitrogen and oxygen atoms in total. The highest BCUT2D eigenvalue weighted by Gasteiger charge is 2.25. The molecule has 0 atom stereocenters. The van der Waals surface area contributed by atoms with E-state index in [1.807, 2.05) is 0 Å². The zero-order valence-electron chi connectivity index (χ0n) is 28.6. The first-order valence-corrected chi connectivity index (χ1v) is 17.4. The van der Waals surface area contributed by atoms with Crippen LogP contribution < -0.4 is 0 Å². The third-order valence-electron chi connectivity index (χ3n) is 10.2. The molecule has 2 heterocycles. The van der Waals surface area contributed by atoms with Gasteiger partial charge in [-0.15, -0.1) is 0 Å². The first-order chi connectivity index (χ1) is 23.9. The Hall–Kier alpha value is -5.67. The minimum absolute atomic E-state index is 0.288. The Morgan fingerprint density at radius 3 is 2.06 bits per heavy atom. The van der Waals surface area contributed by atoms with E-state index < -0.39 is 0 Å². The molecule has 0 saturated heterocycles. The highest BCUT2D eigenvalue weighted by molar-refractivity contribution is 6.17. The summed E-state index contributed by atoms with van der Waals surface area (Å²) in [6.45, 7) is 11.3. The first kappa shape index (κ1) is 29.5. The van der Waals surface area contributed by atoms with Crippen molar-refractivity contribution in [3.63, 3.8) is 0 Å². The number of hydrogen-bond acceptors (Lipinski definition) is 2. The number of imidazole rings is 1. The van der Waals surface area contributed by atoms with Crippen molar-refractivity contribution in [1.29, 1.82) is 0 Å². The maximum Gasteiger partial charge on any atom is 0.149 e. The van der Waals surface area contributed by atoms with Crippen molar-refractivity contribution < 1.29 is 4.42 Å². The predicted molar refractivity (Wildman–Crippen MR) is 207 cm³/mol. The van der Waals surface area contributed by atoms with E-state index in [9.17, 15) is 0 Å². The van der Waals surface area contributed by atoms with Gasteiger partial charge in [0, 0.05) is 10.8 Å². The number of aromatic nitrogens is 2. The smallest absolute Gasteiger partial charge is 0.149 e.